The number of hydrogen-bond donors (Lipinski definition) is 2. The van der Waals surface area contributed by atoms with Crippen molar-refractivity contribution in [2.45, 2.75) is 38.6 Å². The van der Waals surface area contributed by atoms with Crippen LogP contribution in [0.2, 0.25) is 0 Å². The van der Waals surface area contributed by atoms with Crippen LogP contribution in [0.4, 0.5) is 0 Å². The van der Waals surface area contributed by atoms with Crippen LogP contribution in [0.25, 0.3) is 5.57 Å². The number of aliphatic hydroxyl groups excluding tert-OH is 1. The number of aliphatic hydroxyl groups is 1. The lowest BCUT2D eigenvalue weighted by Crippen LogP contribution is -2.34. The fraction of sp³-hybridized carbons (Fsp3) is 0.462. The van der Waals surface area contributed by atoms with Gasteiger partial charge in [-0.15, -0.1) is 0 Å². The lowest BCUT2D eigenvalue weighted by Gasteiger charge is -2.26. The largest absolute Gasteiger partial charge is 0.515 e. The van der Waals surface area contributed by atoms with Gasteiger partial charge in [0.05, 0.1) is 12.2 Å². The van der Waals surface area contributed by atoms with Gasteiger partial charge in [-0.25, -0.2) is 4.98 Å². The van der Waals surface area contributed by atoms with Crippen LogP contribution in [-0.4, -0.2) is 25.7 Å². The second kappa shape index (κ2) is 4.87. The third kappa shape index (κ3) is 2.14. The van der Waals surface area contributed by atoms with E-state index in [1.807, 2.05) is 6.92 Å². The molecule has 0 aliphatic carbocycles. The summed E-state index contributed by atoms with van der Waals surface area (Å²) in [5, 5.41) is 18.2. The number of carbonyl (C=O) groups is 1. The van der Waals surface area contributed by atoms with Crippen LogP contribution in [0, 0.1) is 0 Å². The van der Waals surface area contributed by atoms with E-state index in [9.17, 15) is 14.7 Å². The van der Waals surface area contributed by atoms with Crippen molar-refractivity contribution >= 4 is 11.5 Å². The molecule has 2 heterocycles. The maximum atomic E-state index is 12.4. The second-order valence-electron chi connectivity index (χ2n) is 4.81. The van der Waals surface area contributed by atoms with E-state index in [2.05, 4.69) is 4.98 Å². The molecule has 0 saturated carbocycles. The van der Waals surface area contributed by atoms with E-state index < -0.39 is 11.9 Å². The van der Waals surface area contributed by atoms with Crippen molar-refractivity contribution < 1.29 is 15.0 Å². The number of allylic oxidation sites excluding steroid dienone is 1. The Labute approximate surface area is 110 Å². The highest BCUT2D eigenvalue weighted by Gasteiger charge is 2.26. The molecule has 0 bridgehead atoms. The molecule has 0 aromatic carbocycles. The molecule has 6 heteroatoms. The first kappa shape index (κ1) is 13.3. The Kier molecular flexibility index (Phi) is 3.42. The molecule has 0 saturated heterocycles. The van der Waals surface area contributed by atoms with Crippen molar-refractivity contribution in [2.24, 2.45) is 0 Å². The summed E-state index contributed by atoms with van der Waals surface area (Å²) in [6.45, 7) is 3.35. The Morgan fingerprint density at radius 2 is 2.32 bits per heavy atom. The topological polar surface area (TPSA) is 92.4 Å². The first-order chi connectivity index (χ1) is 8.97. The predicted molar refractivity (Wildman–Crippen MR) is 69.1 cm³/mol. The molecule has 2 N–H and O–H groups in total. The van der Waals surface area contributed by atoms with Gasteiger partial charge < -0.3 is 10.2 Å². The van der Waals surface area contributed by atoms with Crippen molar-refractivity contribution in [2.75, 3.05) is 0 Å². The standard InChI is InChI=1S/C13H16N2O4/c1-7-3-4-9(6-16)11-14-5-10(8(2)13(18)19)12(17)15(7)11/h5-8,16H,3-4H2,1-2H3,(H,18,19). The van der Waals surface area contributed by atoms with Crippen LogP contribution < -0.4 is 5.56 Å². The van der Waals surface area contributed by atoms with Crippen molar-refractivity contribution in [3.05, 3.63) is 34.2 Å². The maximum absolute atomic E-state index is 12.4. The number of hydrogen-bond acceptors (Lipinski definition) is 4. The van der Waals surface area contributed by atoms with Crippen molar-refractivity contribution in [3.63, 3.8) is 0 Å². The average molecular weight is 264 g/mol. The van der Waals surface area contributed by atoms with E-state index in [1.54, 1.807) is 0 Å². The maximum Gasteiger partial charge on any atom is 0.310 e. The fourth-order valence-electron chi connectivity index (χ4n) is 2.29. The lowest BCUT2D eigenvalue weighted by molar-refractivity contribution is -0.138. The summed E-state index contributed by atoms with van der Waals surface area (Å²) >= 11 is 0. The zero-order valence-electron chi connectivity index (χ0n) is 10.8. The summed E-state index contributed by atoms with van der Waals surface area (Å²) < 4.78 is 1.47. The van der Waals surface area contributed by atoms with Crippen molar-refractivity contribution in [1.82, 2.24) is 9.55 Å². The Bertz CT molecular complexity index is 603. The molecule has 0 spiro atoms. The normalized spacial score (nSPS) is 22.0. The lowest BCUT2D eigenvalue weighted by atomic mass is 9.99. The Morgan fingerprint density at radius 3 is 2.89 bits per heavy atom. The number of fused-ring (bicyclic) bond motifs is 1. The number of nitrogens with zero attached hydrogens (tertiary/aromatic N) is 2. The van der Waals surface area contributed by atoms with Crippen LogP contribution in [0.5, 0.6) is 0 Å². The van der Waals surface area contributed by atoms with Gasteiger partial charge in [0.2, 0.25) is 0 Å². The van der Waals surface area contributed by atoms with Gasteiger partial charge >= 0.3 is 5.97 Å². The highest BCUT2D eigenvalue weighted by molar-refractivity contribution is 5.75. The number of rotatable bonds is 2. The molecule has 1 aromatic heterocycles. The zero-order chi connectivity index (χ0) is 14.2. The van der Waals surface area contributed by atoms with Gasteiger partial charge in [0.25, 0.3) is 5.56 Å². The minimum Gasteiger partial charge on any atom is -0.515 e. The summed E-state index contributed by atoms with van der Waals surface area (Å²) in [5.41, 5.74) is 0.429. The van der Waals surface area contributed by atoms with Crippen LogP contribution in [-0.2, 0) is 4.79 Å². The number of carboxylic acid groups (broad SMARTS) is 1. The van der Waals surface area contributed by atoms with E-state index in [1.165, 1.54) is 17.7 Å². The Hall–Kier alpha value is -2.11. The molecule has 0 amide bonds. The Balaban J connectivity index is 2.65. The minimum absolute atomic E-state index is 0.0559. The van der Waals surface area contributed by atoms with Gasteiger partial charge in [-0.1, -0.05) is 0 Å². The van der Waals surface area contributed by atoms with E-state index in [-0.39, 0.29) is 17.2 Å². The molecule has 2 atom stereocenters. The number of aromatic nitrogens is 2. The fourth-order valence-corrected chi connectivity index (χ4v) is 2.29. The quantitative estimate of drug-likeness (QED) is 0.793. The molecule has 19 heavy (non-hydrogen) atoms. The van der Waals surface area contributed by atoms with Gasteiger partial charge in [0.15, 0.2) is 0 Å². The van der Waals surface area contributed by atoms with E-state index in [0.717, 1.165) is 6.26 Å². The predicted octanol–water partition coefficient (Wildman–Crippen LogP) is 1.69. The SMILES string of the molecule is CC(C(=O)O)c1cnc2n(c1=O)C(C)CCC2=CO. The highest BCUT2D eigenvalue weighted by atomic mass is 16.4. The van der Waals surface area contributed by atoms with Gasteiger partial charge in [0.1, 0.15) is 5.82 Å². The second-order valence-corrected chi connectivity index (χ2v) is 4.81. The van der Waals surface area contributed by atoms with Crippen LogP contribution in [0.3, 0.4) is 0 Å². The third-order valence-electron chi connectivity index (χ3n) is 3.57. The van der Waals surface area contributed by atoms with Crippen LogP contribution in [0.15, 0.2) is 17.3 Å². The molecule has 1 aliphatic heterocycles. The monoisotopic (exact) mass is 264 g/mol. The van der Waals surface area contributed by atoms with Crippen LogP contribution >= 0.6 is 0 Å². The molecule has 2 rings (SSSR count). The van der Waals surface area contributed by atoms with Gasteiger partial charge in [0, 0.05) is 23.4 Å². The number of aliphatic carboxylic acids is 1. The highest BCUT2D eigenvalue weighted by Crippen LogP contribution is 2.29. The molecule has 1 aliphatic rings. The van der Waals surface area contributed by atoms with Gasteiger partial charge in [-0.2, -0.15) is 0 Å². The molecular weight excluding hydrogens is 248 g/mol. The molecular formula is C13H16N2O4. The molecule has 102 valence electrons. The van der Waals surface area contributed by atoms with Gasteiger partial charge in [-0.05, 0) is 26.7 Å². The van der Waals surface area contributed by atoms with Crippen molar-refractivity contribution in [3.8, 4) is 0 Å². The molecule has 1 aromatic rings. The first-order valence-corrected chi connectivity index (χ1v) is 6.15. The first-order valence-electron chi connectivity index (χ1n) is 6.15. The van der Waals surface area contributed by atoms with E-state index >= 15 is 0 Å². The smallest absolute Gasteiger partial charge is 0.310 e. The Morgan fingerprint density at radius 1 is 1.63 bits per heavy atom. The van der Waals surface area contributed by atoms with E-state index in [4.69, 9.17) is 5.11 Å². The summed E-state index contributed by atoms with van der Waals surface area (Å²) in [7, 11) is 0. The van der Waals surface area contributed by atoms with Gasteiger partial charge in [-0.3, -0.25) is 14.2 Å². The summed E-state index contributed by atoms with van der Waals surface area (Å²) in [5.74, 6) is -1.53. The summed E-state index contributed by atoms with van der Waals surface area (Å²) in [6, 6.07) is -0.0559. The average Bonchev–Trinajstić information content (AvgIpc) is 2.38. The minimum atomic E-state index is -1.05. The molecule has 0 fully saturated rings. The molecule has 0 radical (unpaired) electrons. The third-order valence-corrected chi connectivity index (χ3v) is 3.57. The van der Waals surface area contributed by atoms with Crippen molar-refractivity contribution in [1.29, 1.82) is 0 Å². The van der Waals surface area contributed by atoms with E-state index in [0.29, 0.717) is 24.2 Å². The molecule has 6 nitrogen and oxygen atoms in total. The zero-order valence-corrected chi connectivity index (χ0v) is 10.8. The van der Waals surface area contributed by atoms with Crippen LogP contribution in [0.1, 0.15) is 50.0 Å². The molecule has 2 unspecified atom stereocenters. The summed E-state index contributed by atoms with van der Waals surface area (Å²) in [4.78, 5) is 27.5. The summed E-state index contributed by atoms with van der Waals surface area (Å²) in [6.07, 6.45) is 3.63. The number of carboxylic acids is 1.